The van der Waals surface area contributed by atoms with Crippen LogP contribution in [-0.4, -0.2) is 19.3 Å². The standard InChI is InChI=1S/C11H20O2/c1-3-5-6-10(4-2)7-12-8-11-9-13-11/h7,11H,3-6,8-9H2,1-2H3/b10-7+. The monoisotopic (exact) mass is 184 g/mol. The van der Waals surface area contributed by atoms with Crippen LogP contribution in [0.5, 0.6) is 0 Å². The molecule has 0 aromatic heterocycles. The maximum Gasteiger partial charge on any atom is 0.116 e. The largest absolute Gasteiger partial charge is 0.498 e. The van der Waals surface area contributed by atoms with Crippen molar-refractivity contribution in [3.05, 3.63) is 11.8 Å². The number of allylic oxidation sites excluding steroid dienone is 1. The molecule has 13 heavy (non-hydrogen) atoms. The van der Waals surface area contributed by atoms with Gasteiger partial charge in [-0.3, -0.25) is 0 Å². The van der Waals surface area contributed by atoms with E-state index in [1.54, 1.807) is 0 Å². The van der Waals surface area contributed by atoms with Crippen LogP contribution in [0.25, 0.3) is 0 Å². The molecule has 1 atom stereocenters. The smallest absolute Gasteiger partial charge is 0.116 e. The molecule has 1 fully saturated rings. The van der Waals surface area contributed by atoms with Crippen LogP contribution >= 0.6 is 0 Å². The Balaban J connectivity index is 2.09. The van der Waals surface area contributed by atoms with Crippen LogP contribution in [0.3, 0.4) is 0 Å². The van der Waals surface area contributed by atoms with E-state index in [1.807, 2.05) is 6.26 Å². The third kappa shape index (κ3) is 4.94. The van der Waals surface area contributed by atoms with Crippen molar-refractivity contribution in [3.63, 3.8) is 0 Å². The Morgan fingerprint density at radius 1 is 1.54 bits per heavy atom. The minimum Gasteiger partial charge on any atom is -0.498 e. The lowest BCUT2D eigenvalue weighted by Crippen LogP contribution is -1.96. The Hall–Kier alpha value is -0.500. The number of hydrogen-bond acceptors (Lipinski definition) is 2. The molecule has 0 bridgehead atoms. The van der Waals surface area contributed by atoms with E-state index < -0.39 is 0 Å². The number of ether oxygens (including phenoxy) is 2. The van der Waals surface area contributed by atoms with E-state index in [1.165, 1.54) is 24.8 Å². The molecule has 1 heterocycles. The van der Waals surface area contributed by atoms with Gasteiger partial charge in [-0.25, -0.2) is 0 Å². The SMILES string of the molecule is CCCC/C(=C/OCC1CO1)CC. The van der Waals surface area contributed by atoms with Crippen LogP contribution in [-0.2, 0) is 9.47 Å². The summed E-state index contributed by atoms with van der Waals surface area (Å²) in [6.45, 7) is 6.00. The molecule has 76 valence electrons. The maximum atomic E-state index is 5.42. The summed E-state index contributed by atoms with van der Waals surface area (Å²) in [5.74, 6) is 0. The summed E-state index contributed by atoms with van der Waals surface area (Å²) in [5.41, 5.74) is 1.42. The van der Waals surface area contributed by atoms with Crippen LogP contribution in [0.2, 0.25) is 0 Å². The first kappa shape index (κ1) is 10.6. The predicted octanol–water partition coefficient (Wildman–Crippen LogP) is 2.89. The van der Waals surface area contributed by atoms with Crippen LogP contribution in [0, 0.1) is 0 Å². The lowest BCUT2D eigenvalue weighted by Gasteiger charge is -2.04. The highest BCUT2D eigenvalue weighted by molar-refractivity contribution is 4.96. The molecule has 0 radical (unpaired) electrons. The van der Waals surface area contributed by atoms with E-state index in [0.717, 1.165) is 19.6 Å². The normalized spacial score (nSPS) is 21.7. The lowest BCUT2D eigenvalue weighted by atomic mass is 10.1. The number of unbranched alkanes of at least 4 members (excludes halogenated alkanes) is 1. The van der Waals surface area contributed by atoms with Gasteiger partial charge < -0.3 is 9.47 Å². The molecule has 0 aromatic rings. The highest BCUT2D eigenvalue weighted by Gasteiger charge is 2.22. The summed E-state index contributed by atoms with van der Waals surface area (Å²) in [5, 5.41) is 0. The maximum absolute atomic E-state index is 5.42. The van der Waals surface area contributed by atoms with Crippen LogP contribution in [0.15, 0.2) is 11.8 Å². The van der Waals surface area contributed by atoms with E-state index >= 15 is 0 Å². The summed E-state index contributed by atoms with van der Waals surface area (Å²) in [6.07, 6.45) is 7.11. The number of epoxide rings is 1. The molecule has 1 unspecified atom stereocenters. The second kappa shape index (κ2) is 6.03. The first-order valence-corrected chi connectivity index (χ1v) is 5.28. The summed E-state index contributed by atoms with van der Waals surface area (Å²) < 4.78 is 10.5. The zero-order valence-corrected chi connectivity index (χ0v) is 8.71. The first-order chi connectivity index (χ1) is 6.36. The van der Waals surface area contributed by atoms with Gasteiger partial charge in [-0.1, -0.05) is 20.3 Å². The van der Waals surface area contributed by atoms with Gasteiger partial charge in [0.15, 0.2) is 0 Å². The second-order valence-electron chi connectivity index (χ2n) is 3.52. The third-order valence-corrected chi connectivity index (χ3v) is 2.24. The Kier molecular flexibility index (Phi) is 4.91. The number of hydrogen-bond donors (Lipinski definition) is 0. The summed E-state index contributed by atoms with van der Waals surface area (Å²) in [6, 6.07) is 0. The molecule has 0 saturated carbocycles. The average molecular weight is 184 g/mol. The fraction of sp³-hybridized carbons (Fsp3) is 0.818. The van der Waals surface area contributed by atoms with E-state index in [0.29, 0.717) is 6.10 Å². The minimum absolute atomic E-state index is 0.375. The van der Waals surface area contributed by atoms with Gasteiger partial charge in [0, 0.05) is 0 Å². The van der Waals surface area contributed by atoms with E-state index in [-0.39, 0.29) is 0 Å². The van der Waals surface area contributed by atoms with Gasteiger partial charge in [-0.2, -0.15) is 0 Å². The third-order valence-electron chi connectivity index (χ3n) is 2.24. The zero-order valence-electron chi connectivity index (χ0n) is 8.71. The predicted molar refractivity (Wildman–Crippen MR) is 53.6 cm³/mol. The van der Waals surface area contributed by atoms with Crippen molar-refractivity contribution in [3.8, 4) is 0 Å². The quantitative estimate of drug-likeness (QED) is 0.448. The minimum atomic E-state index is 0.375. The van der Waals surface area contributed by atoms with E-state index in [4.69, 9.17) is 9.47 Å². The highest BCUT2D eigenvalue weighted by atomic mass is 16.6. The molecule has 1 aliphatic heterocycles. The van der Waals surface area contributed by atoms with Gasteiger partial charge in [0.05, 0.1) is 12.9 Å². The van der Waals surface area contributed by atoms with Crippen molar-refractivity contribution in [2.24, 2.45) is 0 Å². The molecule has 0 spiro atoms. The van der Waals surface area contributed by atoms with Gasteiger partial charge in [0.1, 0.15) is 12.7 Å². The van der Waals surface area contributed by atoms with E-state index in [2.05, 4.69) is 13.8 Å². The fourth-order valence-electron chi connectivity index (χ4n) is 1.16. The van der Waals surface area contributed by atoms with E-state index in [9.17, 15) is 0 Å². The van der Waals surface area contributed by atoms with Crippen molar-refractivity contribution in [2.45, 2.75) is 45.6 Å². The number of rotatable bonds is 7. The van der Waals surface area contributed by atoms with Gasteiger partial charge in [-0.15, -0.1) is 0 Å². The Bertz CT molecular complexity index is 159. The first-order valence-electron chi connectivity index (χ1n) is 5.28. The molecule has 2 nitrogen and oxygen atoms in total. The second-order valence-corrected chi connectivity index (χ2v) is 3.52. The van der Waals surface area contributed by atoms with Gasteiger partial charge >= 0.3 is 0 Å². The summed E-state index contributed by atoms with van der Waals surface area (Å²) in [4.78, 5) is 0. The van der Waals surface area contributed by atoms with Gasteiger partial charge in [0.25, 0.3) is 0 Å². The highest BCUT2D eigenvalue weighted by Crippen LogP contribution is 2.13. The molecule has 1 saturated heterocycles. The Morgan fingerprint density at radius 3 is 2.85 bits per heavy atom. The molecule has 0 N–H and O–H groups in total. The molecule has 1 aliphatic rings. The van der Waals surface area contributed by atoms with Gasteiger partial charge in [-0.05, 0) is 24.8 Å². The van der Waals surface area contributed by atoms with Crippen LogP contribution in [0.4, 0.5) is 0 Å². The van der Waals surface area contributed by atoms with Crippen molar-refractivity contribution in [1.82, 2.24) is 0 Å². The lowest BCUT2D eigenvalue weighted by molar-refractivity contribution is 0.209. The summed E-state index contributed by atoms with van der Waals surface area (Å²) >= 11 is 0. The molecular formula is C11H20O2. The topological polar surface area (TPSA) is 21.8 Å². The Labute approximate surface area is 80.9 Å². The molecule has 2 heteroatoms. The molecule has 0 aliphatic carbocycles. The zero-order chi connectivity index (χ0) is 9.52. The van der Waals surface area contributed by atoms with Gasteiger partial charge in [0.2, 0.25) is 0 Å². The van der Waals surface area contributed by atoms with Crippen molar-refractivity contribution >= 4 is 0 Å². The van der Waals surface area contributed by atoms with Crippen molar-refractivity contribution < 1.29 is 9.47 Å². The molecule has 0 amide bonds. The molecule has 0 aromatic carbocycles. The Morgan fingerprint density at radius 2 is 2.31 bits per heavy atom. The molecular weight excluding hydrogens is 164 g/mol. The fourth-order valence-corrected chi connectivity index (χ4v) is 1.16. The summed E-state index contributed by atoms with van der Waals surface area (Å²) in [7, 11) is 0. The van der Waals surface area contributed by atoms with Crippen LogP contribution in [0.1, 0.15) is 39.5 Å². The average Bonchev–Trinajstić information content (AvgIpc) is 2.94. The van der Waals surface area contributed by atoms with Crippen LogP contribution < -0.4 is 0 Å². The van der Waals surface area contributed by atoms with Crippen molar-refractivity contribution in [1.29, 1.82) is 0 Å². The molecule has 1 rings (SSSR count). The van der Waals surface area contributed by atoms with Crippen molar-refractivity contribution in [2.75, 3.05) is 13.2 Å².